The summed E-state index contributed by atoms with van der Waals surface area (Å²) in [4.78, 5) is 24.1. The number of hydrogen-bond donors (Lipinski definition) is 1. The fourth-order valence-corrected chi connectivity index (χ4v) is 2.58. The van der Waals surface area contributed by atoms with Crippen LogP contribution >= 0.6 is 11.8 Å². The van der Waals surface area contributed by atoms with Crippen LogP contribution in [0.1, 0.15) is 25.7 Å². The van der Waals surface area contributed by atoms with Crippen molar-refractivity contribution in [2.45, 2.75) is 31.7 Å². The van der Waals surface area contributed by atoms with Crippen LogP contribution in [0, 0.1) is 11.3 Å². The van der Waals surface area contributed by atoms with Gasteiger partial charge in [-0.3, -0.25) is 9.59 Å². The first kappa shape index (κ1) is 13.8. The van der Waals surface area contributed by atoms with Crippen LogP contribution in [0.5, 0.6) is 0 Å². The summed E-state index contributed by atoms with van der Waals surface area (Å²) < 4.78 is 0. The SMILES string of the molecule is N#CCSCC(=O)N(CC(=O)O)C1CCCC1. The van der Waals surface area contributed by atoms with E-state index in [1.54, 1.807) is 0 Å². The molecule has 0 saturated heterocycles. The maximum absolute atomic E-state index is 11.9. The van der Waals surface area contributed by atoms with Crippen LogP contribution in [0.25, 0.3) is 0 Å². The lowest BCUT2D eigenvalue weighted by atomic mass is 10.2. The number of thioether (sulfide) groups is 1. The van der Waals surface area contributed by atoms with Crippen LogP contribution in [0.3, 0.4) is 0 Å². The first-order valence-electron chi connectivity index (χ1n) is 5.61. The van der Waals surface area contributed by atoms with Gasteiger partial charge in [0, 0.05) is 6.04 Å². The Kier molecular flexibility index (Phi) is 5.84. The van der Waals surface area contributed by atoms with E-state index in [0.717, 1.165) is 25.7 Å². The van der Waals surface area contributed by atoms with Gasteiger partial charge in [-0.15, -0.1) is 11.8 Å². The van der Waals surface area contributed by atoms with E-state index >= 15 is 0 Å². The van der Waals surface area contributed by atoms with Gasteiger partial charge in [0.2, 0.25) is 5.91 Å². The summed E-state index contributed by atoms with van der Waals surface area (Å²) >= 11 is 1.23. The van der Waals surface area contributed by atoms with Crippen molar-refractivity contribution in [3.05, 3.63) is 0 Å². The number of carboxylic acids is 1. The summed E-state index contributed by atoms with van der Waals surface area (Å²) in [5.41, 5.74) is 0. The van der Waals surface area contributed by atoms with Crippen LogP contribution in [-0.4, -0.2) is 46.0 Å². The van der Waals surface area contributed by atoms with Crippen LogP contribution in [0.15, 0.2) is 0 Å². The van der Waals surface area contributed by atoms with E-state index in [1.165, 1.54) is 16.7 Å². The maximum Gasteiger partial charge on any atom is 0.323 e. The third kappa shape index (κ3) is 4.65. The first-order chi connectivity index (χ1) is 8.15. The van der Waals surface area contributed by atoms with Crippen LogP contribution in [0.2, 0.25) is 0 Å². The molecule has 0 spiro atoms. The van der Waals surface area contributed by atoms with Crippen molar-refractivity contribution in [2.24, 2.45) is 0 Å². The van der Waals surface area contributed by atoms with Crippen LogP contribution in [0.4, 0.5) is 0 Å². The standard InChI is InChI=1S/C11H16N2O3S/c12-5-6-17-8-10(14)13(7-11(15)16)9-3-1-2-4-9/h9H,1-4,6-8H2,(H,15,16). The van der Waals surface area contributed by atoms with E-state index in [-0.39, 0.29) is 30.0 Å². The molecule has 1 rings (SSSR count). The fraction of sp³-hybridized carbons (Fsp3) is 0.727. The van der Waals surface area contributed by atoms with E-state index in [4.69, 9.17) is 10.4 Å². The normalized spacial score (nSPS) is 15.5. The predicted molar refractivity (Wildman–Crippen MR) is 64.5 cm³/mol. The number of nitriles is 1. The van der Waals surface area contributed by atoms with E-state index in [2.05, 4.69) is 0 Å². The number of nitrogens with zero attached hydrogens (tertiary/aromatic N) is 2. The van der Waals surface area contributed by atoms with E-state index in [0.29, 0.717) is 0 Å². The number of carboxylic acid groups (broad SMARTS) is 1. The molecule has 94 valence electrons. The molecule has 1 aliphatic carbocycles. The van der Waals surface area contributed by atoms with Gasteiger partial charge in [-0.2, -0.15) is 5.26 Å². The topological polar surface area (TPSA) is 81.4 Å². The van der Waals surface area contributed by atoms with Crippen molar-refractivity contribution in [3.63, 3.8) is 0 Å². The molecule has 0 bridgehead atoms. The lowest BCUT2D eigenvalue weighted by Gasteiger charge is -2.27. The Balaban J connectivity index is 2.52. The Morgan fingerprint density at radius 2 is 2.06 bits per heavy atom. The van der Waals surface area contributed by atoms with Gasteiger partial charge in [0.05, 0.1) is 17.6 Å². The summed E-state index contributed by atoms with van der Waals surface area (Å²) in [5.74, 6) is -0.690. The Morgan fingerprint density at radius 1 is 1.41 bits per heavy atom. The van der Waals surface area contributed by atoms with Gasteiger partial charge in [0.25, 0.3) is 0 Å². The van der Waals surface area contributed by atoms with E-state index < -0.39 is 5.97 Å². The number of hydrogen-bond acceptors (Lipinski definition) is 4. The minimum absolute atomic E-state index is 0.0706. The highest BCUT2D eigenvalue weighted by atomic mass is 32.2. The lowest BCUT2D eigenvalue weighted by molar-refractivity contribution is -0.145. The monoisotopic (exact) mass is 256 g/mol. The second-order valence-corrected chi connectivity index (χ2v) is 4.99. The van der Waals surface area contributed by atoms with Crippen molar-refractivity contribution in [1.82, 2.24) is 4.90 Å². The van der Waals surface area contributed by atoms with Crippen molar-refractivity contribution in [3.8, 4) is 6.07 Å². The second-order valence-electron chi connectivity index (χ2n) is 4.00. The molecule has 5 nitrogen and oxygen atoms in total. The molecule has 0 atom stereocenters. The van der Waals surface area contributed by atoms with Crippen LogP contribution in [-0.2, 0) is 9.59 Å². The average Bonchev–Trinajstić information content (AvgIpc) is 2.79. The zero-order valence-corrected chi connectivity index (χ0v) is 10.4. The van der Waals surface area contributed by atoms with Gasteiger partial charge in [-0.05, 0) is 12.8 Å². The van der Waals surface area contributed by atoms with Crippen molar-refractivity contribution >= 4 is 23.6 Å². The van der Waals surface area contributed by atoms with Gasteiger partial charge in [-0.25, -0.2) is 0 Å². The molecule has 6 heteroatoms. The Morgan fingerprint density at radius 3 is 2.59 bits per heavy atom. The zero-order chi connectivity index (χ0) is 12.7. The Hall–Kier alpha value is -1.22. The van der Waals surface area contributed by atoms with Gasteiger partial charge < -0.3 is 10.0 Å². The lowest BCUT2D eigenvalue weighted by Crippen LogP contribution is -2.43. The molecule has 17 heavy (non-hydrogen) atoms. The number of amides is 1. The summed E-state index contributed by atoms with van der Waals surface area (Å²) in [6.07, 6.45) is 3.89. The minimum atomic E-state index is -0.976. The fourth-order valence-electron chi connectivity index (χ4n) is 2.05. The highest BCUT2D eigenvalue weighted by Crippen LogP contribution is 2.24. The van der Waals surface area contributed by atoms with Crippen LogP contribution < -0.4 is 0 Å². The van der Waals surface area contributed by atoms with Gasteiger partial charge in [0.1, 0.15) is 6.54 Å². The molecule has 1 N–H and O–H groups in total. The minimum Gasteiger partial charge on any atom is -0.480 e. The molecule has 0 unspecified atom stereocenters. The maximum atomic E-state index is 11.9. The Bertz CT molecular complexity index is 321. The Labute approximate surface area is 105 Å². The predicted octanol–water partition coefficient (Wildman–Crippen LogP) is 1.10. The molecular weight excluding hydrogens is 240 g/mol. The van der Waals surface area contributed by atoms with Crippen molar-refractivity contribution < 1.29 is 14.7 Å². The van der Waals surface area contributed by atoms with Gasteiger partial charge >= 0.3 is 5.97 Å². The number of carbonyl (C=O) groups excluding carboxylic acids is 1. The highest BCUT2D eigenvalue weighted by molar-refractivity contribution is 8.00. The third-order valence-electron chi connectivity index (χ3n) is 2.78. The molecule has 0 radical (unpaired) electrons. The van der Waals surface area contributed by atoms with Crippen molar-refractivity contribution in [1.29, 1.82) is 5.26 Å². The number of carbonyl (C=O) groups is 2. The summed E-state index contributed by atoms with van der Waals surface area (Å²) in [7, 11) is 0. The first-order valence-corrected chi connectivity index (χ1v) is 6.76. The molecule has 1 saturated carbocycles. The van der Waals surface area contributed by atoms with E-state index in [1.807, 2.05) is 6.07 Å². The summed E-state index contributed by atoms with van der Waals surface area (Å²) in [5, 5.41) is 17.2. The molecule has 1 aliphatic rings. The molecule has 0 aromatic heterocycles. The highest BCUT2D eigenvalue weighted by Gasteiger charge is 2.27. The number of aliphatic carboxylic acids is 1. The van der Waals surface area contributed by atoms with E-state index in [9.17, 15) is 9.59 Å². The van der Waals surface area contributed by atoms with Gasteiger partial charge in [0.15, 0.2) is 0 Å². The molecular formula is C11H16N2O3S. The van der Waals surface area contributed by atoms with Gasteiger partial charge in [-0.1, -0.05) is 12.8 Å². The van der Waals surface area contributed by atoms with Crippen molar-refractivity contribution in [2.75, 3.05) is 18.1 Å². The summed E-state index contributed by atoms with van der Waals surface area (Å²) in [6, 6.07) is 2.02. The number of rotatable bonds is 6. The average molecular weight is 256 g/mol. The molecule has 0 aromatic rings. The smallest absolute Gasteiger partial charge is 0.323 e. The largest absolute Gasteiger partial charge is 0.480 e. The molecule has 0 aromatic carbocycles. The zero-order valence-electron chi connectivity index (χ0n) is 9.59. The molecule has 0 aliphatic heterocycles. The molecule has 0 heterocycles. The third-order valence-corrected chi connectivity index (χ3v) is 3.57. The molecule has 1 amide bonds. The quantitative estimate of drug-likeness (QED) is 0.720. The second kappa shape index (κ2) is 7.17. The molecule has 1 fully saturated rings. The summed E-state index contributed by atoms with van der Waals surface area (Å²) in [6.45, 7) is -0.226.